The second-order valence-electron chi connectivity index (χ2n) is 4.70. The number of aromatic nitrogens is 1. The van der Waals surface area contributed by atoms with Gasteiger partial charge in [-0.25, -0.2) is 4.98 Å². The molecule has 1 saturated heterocycles. The van der Waals surface area contributed by atoms with Gasteiger partial charge in [0.1, 0.15) is 5.82 Å². The Kier molecular flexibility index (Phi) is 8.53. The molecule has 2 heterocycles. The Morgan fingerprint density at radius 2 is 2.00 bits per heavy atom. The molecule has 1 fully saturated rings. The largest absolute Gasteiger partial charge is 0.363 e. The lowest BCUT2D eigenvalue weighted by Crippen LogP contribution is -2.34. The molecule has 20 heavy (non-hydrogen) atoms. The van der Waals surface area contributed by atoms with E-state index in [0.29, 0.717) is 5.56 Å². The Labute approximate surface area is 132 Å². The molecule has 0 spiro atoms. The first-order chi connectivity index (χ1) is 8.68. The molecular weight excluding hydrogens is 299 g/mol. The molecule has 0 aliphatic carbocycles. The maximum absolute atomic E-state index is 12.3. The summed E-state index contributed by atoms with van der Waals surface area (Å²) in [5, 5.41) is 3.29. The third-order valence-electron chi connectivity index (χ3n) is 3.08. The monoisotopic (exact) mass is 320 g/mol. The lowest BCUT2D eigenvalue weighted by molar-refractivity contribution is 0.0766. The van der Waals surface area contributed by atoms with Crippen molar-refractivity contribution >= 4 is 36.5 Å². The van der Waals surface area contributed by atoms with Crippen LogP contribution >= 0.6 is 24.8 Å². The Balaban J connectivity index is 0.00000180. The predicted molar refractivity (Wildman–Crippen MR) is 86.5 cm³/mol. The second-order valence-corrected chi connectivity index (χ2v) is 4.70. The average Bonchev–Trinajstić information content (AvgIpc) is 2.67. The van der Waals surface area contributed by atoms with Gasteiger partial charge in [-0.3, -0.25) is 4.79 Å². The maximum Gasteiger partial charge on any atom is 0.255 e. The van der Waals surface area contributed by atoms with Crippen LogP contribution in [-0.2, 0) is 0 Å². The number of carbonyl (C=O) groups excluding carboxylic acids is 1. The van der Waals surface area contributed by atoms with E-state index in [1.54, 1.807) is 6.20 Å². The van der Waals surface area contributed by atoms with E-state index in [1.807, 2.05) is 36.0 Å². The van der Waals surface area contributed by atoms with Crippen LogP contribution in [-0.4, -0.2) is 56.1 Å². The van der Waals surface area contributed by atoms with Crippen LogP contribution in [0.25, 0.3) is 0 Å². The second kappa shape index (κ2) is 9.00. The van der Waals surface area contributed by atoms with Gasteiger partial charge in [0, 0.05) is 39.9 Å². The number of hydrogen-bond donors (Lipinski definition) is 1. The molecule has 1 N–H and O–H groups in total. The molecule has 0 aromatic carbocycles. The van der Waals surface area contributed by atoms with Crippen molar-refractivity contribution in [3.8, 4) is 0 Å². The number of pyridine rings is 1. The summed E-state index contributed by atoms with van der Waals surface area (Å²) < 4.78 is 0. The molecule has 2 rings (SSSR count). The van der Waals surface area contributed by atoms with Crippen molar-refractivity contribution in [2.75, 3.05) is 45.2 Å². The number of carbonyl (C=O) groups is 1. The fraction of sp³-hybridized carbons (Fsp3) is 0.538. The summed E-state index contributed by atoms with van der Waals surface area (Å²) in [5.74, 6) is 0.945. The molecule has 1 aromatic rings. The van der Waals surface area contributed by atoms with Crippen LogP contribution in [0.15, 0.2) is 18.3 Å². The van der Waals surface area contributed by atoms with Crippen molar-refractivity contribution in [2.45, 2.75) is 6.42 Å². The number of hydrogen-bond acceptors (Lipinski definition) is 4. The highest BCUT2D eigenvalue weighted by molar-refractivity contribution is 5.94. The van der Waals surface area contributed by atoms with Crippen molar-refractivity contribution in [2.24, 2.45) is 0 Å². The number of halogens is 2. The molecule has 0 atom stereocenters. The summed E-state index contributed by atoms with van der Waals surface area (Å²) in [7, 11) is 3.87. The van der Waals surface area contributed by atoms with E-state index >= 15 is 0 Å². The molecule has 1 aromatic heterocycles. The third-order valence-corrected chi connectivity index (χ3v) is 3.08. The highest BCUT2D eigenvalue weighted by Crippen LogP contribution is 2.10. The molecule has 7 heteroatoms. The van der Waals surface area contributed by atoms with Crippen molar-refractivity contribution in [1.29, 1.82) is 0 Å². The lowest BCUT2D eigenvalue weighted by atomic mass is 10.2. The molecule has 1 aliphatic rings. The molecular formula is C13H22Cl2N4O. The highest BCUT2D eigenvalue weighted by atomic mass is 35.5. The number of nitrogens with zero attached hydrogens (tertiary/aromatic N) is 3. The smallest absolute Gasteiger partial charge is 0.255 e. The van der Waals surface area contributed by atoms with E-state index in [1.165, 1.54) is 0 Å². The van der Waals surface area contributed by atoms with Crippen LogP contribution in [0.5, 0.6) is 0 Å². The molecule has 0 bridgehead atoms. The van der Waals surface area contributed by atoms with Gasteiger partial charge in [0.25, 0.3) is 5.91 Å². The average molecular weight is 321 g/mol. The number of amides is 1. The summed E-state index contributed by atoms with van der Waals surface area (Å²) in [5.41, 5.74) is 0.669. The summed E-state index contributed by atoms with van der Waals surface area (Å²) in [6.07, 6.45) is 2.67. The third kappa shape index (κ3) is 4.81. The molecule has 0 unspecified atom stereocenters. The van der Waals surface area contributed by atoms with Gasteiger partial charge >= 0.3 is 0 Å². The summed E-state index contributed by atoms with van der Waals surface area (Å²) in [4.78, 5) is 20.4. The topological polar surface area (TPSA) is 48.5 Å². The number of anilines is 1. The fourth-order valence-corrected chi connectivity index (χ4v) is 2.01. The minimum absolute atomic E-state index is 0. The van der Waals surface area contributed by atoms with E-state index in [4.69, 9.17) is 0 Å². The van der Waals surface area contributed by atoms with Crippen LogP contribution in [0.3, 0.4) is 0 Å². The molecule has 5 nitrogen and oxygen atoms in total. The normalized spacial score (nSPS) is 14.6. The van der Waals surface area contributed by atoms with Gasteiger partial charge in [-0.15, -0.1) is 24.8 Å². The van der Waals surface area contributed by atoms with Gasteiger partial charge in [0.2, 0.25) is 0 Å². The van der Waals surface area contributed by atoms with Crippen LogP contribution in [0.1, 0.15) is 16.8 Å². The van der Waals surface area contributed by atoms with Crippen molar-refractivity contribution in [3.63, 3.8) is 0 Å². The van der Waals surface area contributed by atoms with E-state index in [-0.39, 0.29) is 30.7 Å². The highest BCUT2D eigenvalue weighted by Gasteiger charge is 2.17. The van der Waals surface area contributed by atoms with Gasteiger partial charge in [-0.1, -0.05) is 0 Å². The Morgan fingerprint density at radius 1 is 1.25 bits per heavy atom. The Morgan fingerprint density at radius 3 is 2.60 bits per heavy atom. The van der Waals surface area contributed by atoms with Crippen LogP contribution in [0, 0.1) is 0 Å². The molecule has 0 saturated carbocycles. The molecule has 1 aliphatic heterocycles. The molecule has 0 radical (unpaired) electrons. The summed E-state index contributed by atoms with van der Waals surface area (Å²) >= 11 is 0. The Hall–Kier alpha value is -1.04. The summed E-state index contributed by atoms with van der Waals surface area (Å²) in [6, 6.07) is 3.73. The first-order valence-electron chi connectivity index (χ1n) is 6.32. The first-order valence-corrected chi connectivity index (χ1v) is 6.32. The van der Waals surface area contributed by atoms with E-state index in [0.717, 1.165) is 38.4 Å². The van der Waals surface area contributed by atoms with Crippen LogP contribution in [0.2, 0.25) is 0 Å². The number of rotatable bonds is 2. The predicted octanol–water partition coefficient (Wildman–Crippen LogP) is 1.43. The van der Waals surface area contributed by atoms with Crippen molar-refractivity contribution < 1.29 is 4.79 Å². The zero-order valence-corrected chi connectivity index (χ0v) is 13.5. The van der Waals surface area contributed by atoms with E-state index in [2.05, 4.69) is 10.3 Å². The number of nitrogens with one attached hydrogen (secondary N) is 1. The minimum Gasteiger partial charge on any atom is -0.363 e. The van der Waals surface area contributed by atoms with Gasteiger partial charge < -0.3 is 15.1 Å². The van der Waals surface area contributed by atoms with Gasteiger partial charge in [-0.05, 0) is 25.1 Å². The zero-order valence-electron chi connectivity index (χ0n) is 11.8. The van der Waals surface area contributed by atoms with Gasteiger partial charge in [0.05, 0.1) is 5.56 Å². The zero-order chi connectivity index (χ0) is 13.0. The Bertz CT molecular complexity index is 403. The fourth-order valence-electron chi connectivity index (χ4n) is 2.01. The van der Waals surface area contributed by atoms with Crippen molar-refractivity contribution in [1.82, 2.24) is 15.2 Å². The van der Waals surface area contributed by atoms with Crippen molar-refractivity contribution in [3.05, 3.63) is 23.9 Å². The molecule has 1 amide bonds. The van der Waals surface area contributed by atoms with E-state index < -0.39 is 0 Å². The van der Waals surface area contributed by atoms with Crippen LogP contribution in [0.4, 0.5) is 5.82 Å². The summed E-state index contributed by atoms with van der Waals surface area (Å²) in [6.45, 7) is 3.45. The van der Waals surface area contributed by atoms with Crippen LogP contribution < -0.4 is 10.2 Å². The quantitative estimate of drug-likeness (QED) is 0.895. The lowest BCUT2D eigenvalue weighted by Gasteiger charge is -2.20. The minimum atomic E-state index is 0. The standard InChI is InChI=1S/C13H20N4O.2ClH/c1-16(2)12-5-4-11(10-15-12)13(18)17-8-3-6-14-7-9-17;;/h4-5,10,14H,3,6-9H2,1-2H3;2*1H. The molecule has 114 valence electrons. The van der Waals surface area contributed by atoms with E-state index in [9.17, 15) is 4.79 Å². The van der Waals surface area contributed by atoms with Gasteiger partial charge in [-0.2, -0.15) is 0 Å². The first kappa shape index (κ1) is 19.0. The maximum atomic E-state index is 12.3. The SMILES string of the molecule is CN(C)c1ccc(C(=O)N2CCCNCC2)cn1.Cl.Cl. The van der Waals surface area contributed by atoms with Gasteiger partial charge in [0.15, 0.2) is 0 Å².